The minimum absolute atomic E-state index is 0.168. The molecule has 0 aromatic rings. The molecule has 1 nitrogen and oxygen atoms in total. The largest absolute Gasteiger partial charge is 0.303 e. The van der Waals surface area contributed by atoms with Gasteiger partial charge in [0.15, 0.2) is 0 Å². The third-order valence-corrected chi connectivity index (χ3v) is 2.55. The predicted octanol–water partition coefficient (Wildman–Crippen LogP) is 3.43. The van der Waals surface area contributed by atoms with E-state index in [0.717, 1.165) is 12.7 Å². The third kappa shape index (κ3) is 4.53. The summed E-state index contributed by atoms with van der Waals surface area (Å²) < 4.78 is 0. The smallest absolute Gasteiger partial charge is 0.120 e. The van der Waals surface area contributed by atoms with Crippen LogP contribution in [0.5, 0.6) is 0 Å². The molecule has 0 saturated carbocycles. The van der Waals surface area contributed by atoms with Crippen LogP contribution in [-0.2, 0) is 4.79 Å². The summed E-state index contributed by atoms with van der Waals surface area (Å²) in [6.07, 6.45) is 4.01. The molecule has 0 saturated heterocycles. The van der Waals surface area contributed by atoms with Crippen molar-refractivity contribution in [1.29, 1.82) is 0 Å². The molecule has 0 N–H and O–H groups in total. The Morgan fingerprint density at radius 2 is 1.58 bits per heavy atom. The SMILES string of the molecule is CCC(C)(C)CC(C)(C)CC=O. The van der Waals surface area contributed by atoms with Crippen LogP contribution in [0.15, 0.2) is 0 Å². The summed E-state index contributed by atoms with van der Waals surface area (Å²) in [7, 11) is 0. The van der Waals surface area contributed by atoms with Crippen molar-refractivity contribution in [2.75, 3.05) is 0 Å². The Labute approximate surface area is 76.6 Å². The Balaban J connectivity index is 4.12. The summed E-state index contributed by atoms with van der Waals surface area (Å²) in [6.45, 7) is 11.1. The molecule has 0 atom stereocenters. The van der Waals surface area contributed by atoms with E-state index in [-0.39, 0.29) is 5.41 Å². The van der Waals surface area contributed by atoms with E-state index >= 15 is 0 Å². The van der Waals surface area contributed by atoms with E-state index < -0.39 is 0 Å². The van der Waals surface area contributed by atoms with Gasteiger partial charge in [-0.2, -0.15) is 0 Å². The number of carbonyl (C=O) groups is 1. The first-order valence-electron chi connectivity index (χ1n) is 4.77. The first-order valence-corrected chi connectivity index (χ1v) is 4.77. The van der Waals surface area contributed by atoms with Gasteiger partial charge >= 0.3 is 0 Å². The van der Waals surface area contributed by atoms with Crippen LogP contribution in [0.3, 0.4) is 0 Å². The molecule has 0 heterocycles. The minimum atomic E-state index is 0.168. The van der Waals surface area contributed by atoms with Gasteiger partial charge in [-0.1, -0.05) is 41.0 Å². The molecule has 0 unspecified atom stereocenters. The zero-order valence-corrected chi connectivity index (χ0v) is 9.11. The molecule has 0 rings (SSSR count). The van der Waals surface area contributed by atoms with Crippen LogP contribution >= 0.6 is 0 Å². The number of hydrogen-bond donors (Lipinski definition) is 0. The average molecular weight is 170 g/mol. The Hall–Kier alpha value is -0.330. The second kappa shape index (κ2) is 4.06. The van der Waals surface area contributed by atoms with Crippen molar-refractivity contribution in [2.24, 2.45) is 10.8 Å². The van der Waals surface area contributed by atoms with Crippen LogP contribution in [0.4, 0.5) is 0 Å². The molecule has 0 bridgehead atoms. The number of rotatable bonds is 5. The lowest BCUT2D eigenvalue weighted by Crippen LogP contribution is -2.22. The zero-order chi connectivity index (χ0) is 9.83. The summed E-state index contributed by atoms with van der Waals surface area (Å²) in [4.78, 5) is 10.4. The quantitative estimate of drug-likeness (QED) is 0.578. The Kier molecular flexibility index (Phi) is 3.95. The molecule has 0 aliphatic carbocycles. The molecule has 72 valence electrons. The van der Waals surface area contributed by atoms with Crippen molar-refractivity contribution in [2.45, 2.75) is 53.9 Å². The highest BCUT2D eigenvalue weighted by Gasteiger charge is 2.26. The van der Waals surface area contributed by atoms with Crippen molar-refractivity contribution in [3.63, 3.8) is 0 Å². The molecular weight excluding hydrogens is 148 g/mol. The Bertz CT molecular complexity index is 145. The number of aldehydes is 1. The van der Waals surface area contributed by atoms with Gasteiger partial charge < -0.3 is 4.79 Å². The molecule has 0 aromatic carbocycles. The molecule has 0 spiro atoms. The van der Waals surface area contributed by atoms with Gasteiger partial charge in [0.05, 0.1) is 0 Å². The van der Waals surface area contributed by atoms with E-state index in [1.54, 1.807) is 0 Å². The highest BCUT2D eigenvalue weighted by molar-refractivity contribution is 5.50. The fraction of sp³-hybridized carbons (Fsp3) is 0.909. The van der Waals surface area contributed by atoms with Gasteiger partial charge in [-0.25, -0.2) is 0 Å². The maximum Gasteiger partial charge on any atom is 0.120 e. The van der Waals surface area contributed by atoms with Crippen molar-refractivity contribution < 1.29 is 4.79 Å². The van der Waals surface area contributed by atoms with Crippen LogP contribution < -0.4 is 0 Å². The molecular formula is C11H22O. The van der Waals surface area contributed by atoms with Crippen LogP contribution in [0.2, 0.25) is 0 Å². The second-order valence-corrected chi connectivity index (χ2v) is 5.23. The molecule has 0 aromatic heterocycles. The van der Waals surface area contributed by atoms with Gasteiger partial charge in [0.1, 0.15) is 6.29 Å². The zero-order valence-electron chi connectivity index (χ0n) is 9.11. The molecule has 0 amide bonds. The molecule has 0 aliphatic heterocycles. The highest BCUT2D eigenvalue weighted by Crippen LogP contribution is 2.37. The third-order valence-electron chi connectivity index (χ3n) is 2.55. The lowest BCUT2D eigenvalue weighted by molar-refractivity contribution is -0.109. The van der Waals surface area contributed by atoms with Crippen LogP contribution in [0.1, 0.15) is 53.9 Å². The molecule has 1 heteroatoms. The van der Waals surface area contributed by atoms with E-state index in [4.69, 9.17) is 0 Å². The lowest BCUT2D eigenvalue weighted by atomic mass is 9.72. The monoisotopic (exact) mass is 170 g/mol. The molecule has 12 heavy (non-hydrogen) atoms. The van der Waals surface area contributed by atoms with Crippen molar-refractivity contribution >= 4 is 6.29 Å². The summed E-state index contributed by atoms with van der Waals surface area (Å²) >= 11 is 0. The molecule has 0 aliphatic rings. The van der Waals surface area contributed by atoms with Gasteiger partial charge in [-0.05, 0) is 17.3 Å². The van der Waals surface area contributed by atoms with Crippen LogP contribution in [-0.4, -0.2) is 6.29 Å². The Morgan fingerprint density at radius 1 is 1.08 bits per heavy atom. The molecule has 0 fully saturated rings. The van der Waals surface area contributed by atoms with E-state index in [2.05, 4.69) is 34.6 Å². The van der Waals surface area contributed by atoms with Gasteiger partial charge in [-0.3, -0.25) is 0 Å². The van der Waals surface area contributed by atoms with Gasteiger partial charge in [0.2, 0.25) is 0 Å². The van der Waals surface area contributed by atoms with Gasteiger partial charge in [-0.15, -0.1) is 0 Å². The fourth-order valence-corrected chi connectivity index (χ4v) is 1.72. The minimum Gasteiger partial charge on any atom is -0.303 e. The summed E-state index contributed by atoms with van der Waals surface area (Å²) in [6, 6.07) is 0. The van der Waals surface area contributed by atoms with Crippen molar-refractivity contribution in [3.8, 4) is 0 Å². The second-order valence-electron chi connectivity index (χ2n) is 5.23. The Morgan fingerprint density at radius 3 is 1.92 bits per heavy atom. The highest BCUT2D eigenvalue weighted by atomic mass is 16.1. The van der Waals surface area contributed by atoms with Crippen molar-refractivity contribution in [3.05, 3.63) is 0 Å². The average Bonchev–Trinajstić information content (AvgIpc) is 1.85. The fourth-order valence-electron chi connectivity index (χ4n) is 1.72. The van der Waals surface area contributed by atoms with Gasteiger partial charge in [0.25, 0.3) is 0 Å². The summed E-state index contributed by atoms with van der Waals surface area (Å²) in [5.41, 5.74) is 0.535. The number of carbonyl (C=O) groups excluding carboxylic acids is 1. The van der Waals surface area contributed by atoms with E-state index in [1.165, 1.54) is 6.42 Å². The van der Waals surface area contributed by atoms with E-state index in [1.807, 2.05) is 0 Å². The first kappa shape index (κ1) is 11.7. The normalized spacial score (nSPS) is 13.1. The van der Waals surface area contributed by atoms with Crippen LogP contribution in [0.25, 0.3) is 0 Å². The van der Waals surface area contributed by atoms with E-state index in [9.17, 15) is 4.79 Å². The predicted molar refractivity (Wildman–Crippen MR) is 53.2 cm³/mol. The number of hydrogen-bond acceptors (Lipinski definition) is 1. The van der Waals surface area contributed by atoms with Crippen LogP contribution in [0, 0.1) is 10.8 Å². The standard InChI is InChI=1S/C11H22O/c1-6-10(2,3)9-11(4,5)7-8-12/h8H,6-7,9H2,1-5H3. The van der Waals surface area contributed by atoms with Gasteiger partial charge in [0, 0.05) is 6.42 Å². The topological polar surface area (TPSA) is 17.1 Å². The summed E-state index contributed by atoms with van der Waals surface area (Å²) in [5, 5.41) is 0. The maximum absolute atomic E-state index is 10.4. The molecule has 0 radical (unpaired) electrons. The maximum atomic E-state index is 10.4. The van der Waals surface area contributed by atoms with E-state index in [0.29, 0.717) is 11.8 Å². The summed E-state index contributed by atoms with van der Waals surface area (Å²) in [5.74, 6) is 0. The van der Waals surface area contributed by atoms with Crippen molar-refractivity contribution in [1.82, 2.24) is 0 Å². The first-order chi connectivity index (χ1) is 5.33. The lowest BCUT2D eigenvalue weighted by Gasteiger charge is -2.33.